The van der Waals surface area contributed by atoms with E-state index in [0.717, 1.165) is 28.1 Å². The Morgan fingerprint density at radius 3 is 2.81 bits per heavy atom. The number of aromatic nitrogens is 2. The van der Waals surface area contributed by atoms with Gasteiger partial charge in [0.15, 0.2) is 0 Å². The molecule has 6 heteroatoms. The Morgan fingerprint density at radius 1 is 1.23 bits per heavy atom. The van der Waals surface area contributed by atoms with Gasteiger partial charge in [-0.05, 0) is 36.4 Å². The molecule has 0 spiro atoms. The average Bonchev–Trinajstić information content (AvgIpc) is 3.32. The van der Waals surface area contributed by atoms with Crippen LogP contribution in [0.2, 0.25) is 0 Å². The molecule has 0 unspecified atom stereocenters. The molecule has 4 aromatic rings. The number of carbonyl (C=O) groups is 1. The van der Waals surface area contributed by atoms with Crippen molar-refractivity contribution in [2.45, 2.75) is 6.42 Å². The standard InChI is InChI=1S/C20H17N3O3/c1-25-17-6-7-18-14(12-26-19(18)11-17)10-20(24)22-15-2-4-16(5-3-15)23-9-8-21-13-23/h2-9,11-13H,10H2,1H3,(H,22,24). The lowest BCUT2D eigenvalue weighted by molar-refractivity contribution is -0.115. The van der Waals surface area contributed by atoms with Gasteiger partial charge in [-0.3, -0.25) is 4.79 Å². The van der Waals surface area contributed by atoms with Gasteiger partial charge in [-0.25, -0.2) is 4.98 Å². The number of amides is 1. The van der Waals surface area contributed by atoms with Crippen molar-refractivity contribution in [1.82, 2.24) is 9.55 Å². The second kappa shape index (κ2) is 6.76. The molecule has 0 aliphatic carbocycles. The molecule has 2 aromatic carbocycles. The lowest BCUT2D eigenvalue weighted by atomic mass is 10.1. The van der Waals surface area contributed by atoms with Crippen LogP contribution >= 0.6 is 0 Å². The van der Waals surface area contributed by atoms with Gasteiger partial charge >= 0.3 is 0 Å². The molecule has 26 heavy (non-hydrogen) atoms. The number of furan rings is 1. The summed E-state index contributed by atoms with van der Waals surface area (Å²) in [5.74, 6) is 0.625. The van der Waals surface area contributed by atoms with Crippen molar-refractivity contribution in [3.05, 3.63) is 73.0 Å². The van der Waals surface area contributed by atoms with Gasteiger partial charge < -0.3 is 19.0 Å². The third-order valence-corrected chi connectivity index (χ3v) is 4.17. The zero-order valence-electron chi connectivity index (χ0n) is 14.2. The molecule has 1 amide bonds. The molecular formula is C20H17N3O3. The zero-order valence-corrected chi connectivity index (χ0v) is 14.2. The molecule has 0 bridgehead atoms. The maximum absolute atomic E-state index is 12.4. The van der Waals surface area contributed by atoms with Gasteiger partial charge in [0.05, 0.1) is 26.1 Å². The molecule has 4 rings (SSSR count). The maximum Gasteiger partial charge on any atom is 0.228 e. The van der Waals surface area contributed by atoms with Crippen LogP contribution in [0.15, 0.2) is 71.9 Å². The van der Waals surface area contributed by atoms with Crippen molar-refractivity contribution in [2.75, 3.05) is 12.4 Å². The molecule has 130 valence electrons. The van der Waals surface area contributed by atoms with E-state index in [-0.39, 0.29) is 12.3 Å². The minimum Gasteiger partial charge on any atom is -0.497 e. The minimum atomic E-state index is -0.0982. The minimum absolute atomic E-state index is 0.0982. The molecule has 0 aliphatic heterocycles. The summed E-state index contributed by atoms with van der Waals surface area (Å²) in [6, 6.07) is 13.2. The molecular weight excluding hydrogens is 330 g/mol. The van der Waals surface area contributed by atoms with Crippen LogP contribution in [0.4, 0.5) is 5.69 Å². The number of carbonyl (C=O) groups excluding carboxylic acids is 1. The van der Waals surface area contributed by atoms with E-state index in [1.807, 2.05) is 53.2 Å². The summed E-state index contributed by atoms with van der Waals surface area (Å²) in [4.78, 5) is 16.4. The summed E-state index contributed by atoms with van der Waals surface area (Å²) in [6.45, 7) is 0. The number of benzene rings is 2. The van der Waals surface area contributed by atoms with Crippen LogP contribution in [0.25, 0.3) is 16.7 Å². The smallest absolute Gasteiger partial charge is 0.228 e. The highest BCUT2D eigenvalue weighted by Crippen LogP contribution is 2.26. The van der Waals surface area contributed by atoms with Crippen molar-refractivity contribution in [3.8, 4) is 11.4 Å². The Bertz CT molecular complexity index is 1030. The third-order valence-electron chi connectivity index (χ3n) is 4.17. The number of hydrogen-bond acceptors (Lipinski definition) is 4. The van der Waals surface area contributed by atoms with Crippen molar-refractivity contribution in [1.29, 1.82) is 0 Å². The second-order valence-corrected chi connectivity index (χ2v) is 5.86. The van der Waals surface area contributed by atoms with E-state index in [2.05, 4.69) is 10.3 Å². The Labute approximate surface area is 150 Å². The highest BCUT2D eigenvalue weighted by Gasteiger charge is 2.11. The summed E-state index contributed by atoms with van der Waals surface area (Å²) in [7, 11) is 1.61. The van der Waals surface area contributed by atoms with E-state index in [9.17, 15) is 4.79 Å². The van der Waals surface area contributed by atoms with E-state index >= 15 is 0 Å². The second-order valence-electron chi connectivity index (χ2n) is 5.86. The van der Waals surface area contributed by atoms with Crippen LogP contribution in [0.3, 0.4) is 0 Å². The molecule has 0 radical (unpaired) electrons. The van der Waals surface area contributed by atoms with Crippen molar-refractivity contribution in [2.24, 2.45) is 0 Å². The Balaban J connectivity index is 1.45. The lowest BCUT2D eigenvalue weighted by Gasteiger charge is -2.07. The monoisotopic (exact) mass is 347 g/mol. The number of fused-ring (bicyclic) bond motifs is 1. The topological polar surface area (TPSA) is 69.3 Å². The first kappa shape index (κ1) is 16.0. The Kier molecular flexibility index (Phi) is 4.15. The highest BCUT2D eigenvalue weighted by atomic mass is 16.5. The molecule has 0 saturated carbocycles. The summed E-state index contributed by atoms with van der Waals surface area (Å²) in [6.07, 6.45) is 7.17. The summed E-state index contributed by atoms with van der Waals surface area (Å²) < 4.78 is 12.6. The van der Waals surface area contributed by atoms with Gasteiger partial charge in [-0.2, -0.15) is 0 Å². The third kappa shape index (κ3) is 3.17. The molecule has 6 nitrogen and oxygen atoms in total. The molecule has 0 atom stereocenters. The summed E-state index contributed by atoms with van der Waals surface area (Å²) in [5, 5.41) is 3.82. The molecule has 0 saturated heterocycles. The SMILES string of the molecule is COc1ccc2c(CC(=O)Nc3ccc(-n4ccnc4)cc3)coc2c1. The van der Waals surface area contributed by atoms with Gasteiger partial charge in [-0.1, -0.05) is 0 Å². The highest BCUT2D eigenvalue weighted by molar-refractivity contribution is 5.95. The molecule has 0 fully saturated rings. The average molecular weight is 347 g/mol. The van der Waals surface area contributed by atoms with E-state index in [1.54, 1.807) is 25.9 Å². The van der Waals surface area contributed by atoms with Gasteiger partial charge in [0, 0.05) is 40.8 Å². The van der Waals surface area contributed by atoms with Crippen LogP contribution in [0, 0.1) is 0 Å². The predicted molar refractivity (Wildman–Crippen MR) is 98.7 cm³/mol. The molecule has 2 aromatic heterocycles. The number of imidazole rings is 1. The molecule has 1 N–H and O–H groups in total. The fourth-order valence-electron chi connectivity index (χ4n) is 2.83. The largest absolute Gasteiger partial charge is 0.497 e. The van der Waals surface area contributed by atoms with Gasteiger partial charge in [0.25, 0.3) is 0 Å². The first-order valence-electron chi connectivity index (χ1n) is 8.15. The Morgan fingerprint density at radius 2 is 2.08 bits per heavy atom. The zero-order chi connectivity index (χ0) is 17.9. The van der Waals surface area contributed by atoms with Crippen molar-refractivity contribution >= 4 is 22.6 Å². The number of hydrogen-bond donors (Lipinski definition) is 1. The van der Waals surface area contributed by atoms with E-state index in [1.165, 1.54) is 0 Å². The number of nitrogens with one attached hydrogen (secondary N) is 1. The maximum atomic E-state index is 12.4. The Hall–Kier alpha value is -3.54. The summed E-state index contributed by atoms with van der Waals surface area (Å²) >= 11 is 0. The number of methoxy groups -OCH3 is 1. The van der Waals surface area contributed by atoms with Crippen LogP contribution < -0.4 is 10.1 Å². The molecule has 2 heterocycles. The number of anilines is 1. The van der Waals surface area contributed by atoms with Gasteiger partial charge in [0.1, 0.15) is 11.3 Å². The predicted octanol–water partition coefficient (Wildman–Crippen LogP) is 3.81. The number of nitrogens with zero attached hydrogens (tertiary/aromatic N) is 2. The van der Waals surface area contributed by atoms with Crippen molar-refractivity contribution < 1.29 is 13.9 Å². The van der Waals surface area contributed by atoms with Crippen LogP contribution in [-0.2, 0) is 11.2 Å². The fraction of sp³-hybridized carbons (Fsp3) is 0.100. The number of ether oxygens (including phenoxy) is 1. The lowest BCUT2D eigenvalue weighted by Crippen LogP contribution is -2.14. The van der Waals surface area contributed by atoms with E-state index < -0.39 is 0 Å². The van der Waals surface area contributed by atoms with Crippen LogP contribution in [0.1, 0.15) is 5.56 Å². The molecule has 0 aliphatic rings. The number of rotatable bonds is 5. The van der Waals surface area contributed by atoms with Gasteiger partial charge in [0.2, 0.25) is 5.91 Å². The van der Waals surface area contributed by atoms with Crippen molar-refractivity contribution in [3.63, 3.8) is 0 Å². The first-order valence-corrected chi connectivity index (χ1v) is 8.15. The van der Waals surface area contributed by atoms with Crippen LogP contribution in [0.5, 0.6) is 5.75 Å². The van der Waals surface area contributed by atoms with Gasteiger partial charge in [-0.15, -0.1) is 0 Å². The quantitative estimate of drug-likeness (QED) is 0.596. The first-order chi connectivity index (χ1) is 12.7. The van der Waals surface area contributed by atoms with E-state index in [0.29, 0.717) is 5.58 Å². The van der Waals surface area contributed by atoms with E-state index in [4.69, 9.17) is 9.15 Å². The van der Waals surface area contributed by atoms with Crippen LogP contribution in [-0.4, -0.2) is 22.6 Å². The fourth-order valence-corrected chi connectivity index (χ4v) is 2.83. The normalized spacial score (nSPS) is 10.8. The summed E-state index contributed by atoms with van der Waals surface area (Å²) in [5.41, 5.74) is 3.27.